The predicted octanol–water partition coefficient (Wildman–Crippen LogP) is 4.92. The Morgan fingerprint density at radius 1 is 1.03 bits per heavy atom. The Morgan fingerprint density at radius 2 is 1.73 bits per heavy atom. The number of likely N-dealkylation sites (tertiary alicyclic amines) is 1. The summed E-state index contributed by atoms with van der Waals surface area (Å²) in [5, 5.41) is 2.51. The number of carbonyl (C=O) groups is 2. The van der Waals surface area contributed by atoms with E-state index in [2.05, 4.69) is 10.1 Å². The maximum absolute atomic E-state index is 13.0. The molecule has 2 aromatic rings. The van der Waals surface area contributed by atoms with Gasteiger partial charge in [-0.05, 0) is 55.2 Å². The van der Waals surface area contributed by atoms with E-state index in [0.717, 1.165) is 30.3 Å². The molecular weight excluding hydrogens is 454 g/mol. The molecule has 1 atom stereocenters. The van der Waals surface area contributed by atoms with Gasteiger partial charge in [-0.25, -0.2) is 0 Å². The van der Waals surface area contributed by atoms with Gasteiger partial charge in [0.1, 0.15) is 11.8 Å². The summed E-state index contributed by atoms with van der Waals surface area (Å²) in [5.41, 5.74) is -0.627. The van der Waals surface area contributed by atoms with Crippen LogP contribution in [0, 0.1) is 0 Å². The molecule has 1 N–H and O–H groups in total. The van der Waals surface area contributed by atoms with Crippen LogP contribution in [0.15, 0.2) is 48.5 Å². The van der Waals surface area contributed by atoms with E-state index in [9.17, 15) is 35.9 Å². The zero-order chi connectivity index (χ0) is 24.2. The zero-order valence-electron chi connectivity index (χ0n) is 17.2. The highest BCUT2D eigenvalue weighted by atomic mass is 19.4. The van der Waals surface area contributed by atoms with Crippen LogP contribution in [0.4, 0.5) is 26.3 Å². The number of nitrogens with zero attached hydrogens (tertiary/aromatic N) is 1. The second-order valence-corrected chi connectivity index (χ2v) is 7.55. The molecule has 0 aromatic heterocycles. The fourth-order valence-corrected chi connectivity index (χ4v) is 3.49. The van der Waals surface area contributed by atoms with E-state index in [1.807, 2.05) is 0 Å². The molecule has 1 saturated heterocycles. The van der Waals surface area contributed by atoms with E-state index in [1.54, 1.807) is 0 Å². The van der Waals surface area contributed by atoms with E-state index >= 15 is 0 Å². The number of hydrogen-bond acceptors (Lipinski definition) is 3. The number of ether oxygens (including phenoxy) is 1. The largest absolute Gasteiger partial charge is 0.573 e. The molecule has 2 aromatic carbocycles. The number of carbonyl (C=O) groups excluding carboxylic acids is 2. The third-order valence-corrected chi connectivity index (χ3v) is 5.07. The lowest BCUT2D eigenvalue weighted by Gasteiger charge is -2.25. The molecule has 178 valence electrons. The van der Waals surface area contributed by atoms with Crippen molar-refractivity contribution >= 4 is 11.8 Å². The topological polar surface area (TPSA) is 58.6 Å². The van der Waals surface area contributed by atoms with Crippen LogP contribution in [0.5, 0.6) is 5.75 Å². The summed E-state index contributed by atoms with van der Waals surface area (Å²) in [5.74, 6) is -1.60. The van der Waals surface area contributed by atoms with Gasteiger partial charge in [0, 0.05) is 18.7 Å². The SMILES string of the molecule is O=C(NC1CCCCN(Cc2ccc(OC(F)(F)F)cc2)C1=O)c1cccc(C(F)(F)F)c1. The van der Waals surface area contributed by atoms with Crippen LogP contribution in [-0.4, -0.2) is 35.7 Å². The van der Waals surface area contributed by atoms with E-state index in [1.165, 1.54) is 23.1 Å². The third kappa shape index (κ3) is 6.87. The van der Waals surface area contributed by atoms with E-state index in [-0.39, 0.29) is 17.9 Å². The van der Waals surface area contributed by atoms with Crippen LogP contribution in [0.3, 0.4) is 0 Å². The summed E-state index contributed by atoms with van der Waals surface area (Å²) in [7, 11) is 0. The number of rotatable bonds is 5. The highest BCUT2D eigenvalue weighted by molar-refractivity contribution is 5.97. The molecule has 0 aliphatic carbocycles. The van der Waals surface area contributed by atoms with Gasteiger partial charge in [0.05, 0.1) is 5.56 Å². The first-order valence-corrected chi connectivity index (χ1v) is 10.0. The molecule has 33 heavy (non-hydrogen) atoms. The molecule has 1 aliphatic rings. The fraction of sp³-hybridized carbons (Fsp3) is 0.364. The first kappa shape index (κ1) is 24.4. The molecule has 3 rings (SSSR count). The molecular formula is C22H20F6N2O3. The van der Waals surface area contributed by atoms with Gasteiger partial charge in [-0.2, -0.15) is 13.2 Å². The predicted molar refractivity (Wildman–Crippen MR) is 105 cm³/mol. The molecule has 0 saturated carbocycles. The van der Waals surface area contributed by atoms with Crippen LogP contribution in [0.1, 0.15) is 40.7 Å². The lowest BCUT2D eigenvalue weighted by atomic mass is 10.1. The molecule has 1 fully saturated rings. The van der Waals surface area contributed by atoms with Crippen LogP contribution >= 0.6 is 0 Å². The molecule has 1 aliphatic heterocycles. The lowest BCUT2D eigenvalue weighted by molar-refractivity contribution is -0.274. The minimum atomic E-state index is -4.81. The Morgan fingerprint density at radius 3 is 2.36 bits per heavy atom. The van der Waals surface area contributed by atoms with Crippen LogP contribution in [0.2, 0.25) is 0 Å². The Bertz CT molecular complexity index is 989. The number of halogens is 6. The van der Waals surface area contributed by atoms with Crippen molar-refractivity contribution in [2.75, 3.05) is 6.54 Å². The number of nitrogens with one attached hydrogen (secondary N) is 1. The second-order valence-electron chi connectivity index (χ2n) is 7.55. The van der Waals surface area contributed by atoms with Crippen molar-refractivity contribution in [3.05, 3.63) is 65.2 Å². The smallest absolute Gasteiger partial charge is 0.406 e. The molecule has 0 bridgehead atoms. The van der Waals surface area contributed by atoms with Gasteiger partial charge in [0.2, 0.25) is 5.91 Å². The first-order valence-electron chi connectivity index (χ1n) is 10.0. The lowest BCUT2D eigenvalue weighted by Crippen LogP contribution is -2.47. The molecule has 1 heterocycles. The monoisotopic (exact) mass is 474 g/mol. The molecule has 0 spiro atoms. The fourth-order valence-electron chi connectivity index (χ4n) is 3.49. The van der Waals surface area contributed by atoms with Crippen molar-refractivity contribution in [1.29, 1.82) is 0 Å². The number of benzene rings is 2. The van der Waals surface area contributed by atoms with Crippen molar-refractivity contribution in [3.63, 3.8) is 0 Å². The van der Waals surface area contributed by atoms with Gasteiger partial charge in [-0.3, -0.25) is 9.59 Å². The highest BCUT2D eigenvalue weighted by Gasteiger charge is 2.33. The summed E-state index contributed by atoms with van der Waals surface area (Å²) < 4.78 is 79.5. The molecule has 0 radical (unpaired) electrons. The standard InChI is InChI=1S/C22H20F6N2O3/c23-21(24,25)16-5-3-4-15(12-16)19(31)29-18-6-1-2-11-30(20(18)32)13-14-7-9-17(10-8-14)33-22(26,27)28/h3-5,7-10,12,18H,1-2,6,11,13H2,(H,29,31). The Balaban J connectivity index is 1.67. The van der Waals surface area contributed by atoms with Gasteiger partial charge in [-0.1, -0.05) is 18.2 Å². The Kier molecular flexibility index (Phi) is 7.19. The average Bonchev–Trinajstić information content (AvgIpc) is 2.90. The van der Waals surface area contributed by atoms with Gasteiger partial charge in [0.15, 0.2) is 0 Å². The van der Waals surface area contributed by atoms with E-state index in [4.69, 9.17) is 0 Å². The number of amides is 2. The van der Waals surface area contributed by atoms with Crippen molar-refractivity contribution in [3.8, 4) is 5.75 Å². The highest BCUT2D eigenvalue weighted by Crippen LogP contribution is 2.29. The summed E-state index contributed by atoms with van der Waals surface area (Å²) in [4.78, 5) is 26.9. The normalized spacial score (nSPS) is 17.5. The Hall–Kier alpha value is -3.24. The second kappa shape index (κ2) is 9.72. The van der Waals surface area contributed by atoms with Crippen molar-refractivity contribution < 1.29 is 40.7 Å². The summed E-state index contributed by atoms with van der Waals surface area (Å²) in [6.07, 6.45) is -7.86. The summed E-state index contributed by atoms with van der Waals surface area (Å²) in [6, 6.07) is 8.06. The maximum atomic E-state index is 13.0. The summed E-state index contributed by atoms with van der Waals surface area (Å²) in [6.45, 7) is 0.469. The molecule has 11 heteroatoms. The molecule has 5 nitrogen and oxygen atoms in total. The quantitative estimate of drug-likeness (QED) is 0.627. The minimum absolute atomic E-state index is 0.0983. The van der Waals surface area contributed by atoms with E-state index < -0.39 is 36.0 Å². The van der Waals surface area contributed by atoms with Gasteiger partial charge < -0.3 is 15.0 Å². The van der Waals surface area contributed by atoms with Crippen LogP contribution < -0.4 is 10.1 Å². The molecule has 1 unspecified atom stereocenters. The van der Waals surface area contributed by atoms with Crippen molar-refractivity contribution in [2.45, 2.75) is 44.4 Å². The van der Waals surface area contributed by atoms with Gasteiger partial charge in [-0.15, -0.1) is 13.2 Å². The zero-order valence-corrected chi connectivity index (χ0v) is 17.2. The summed E-state index contributed by atoms with van der Waals surface area (Å²) >= 11 is 0. The minimum Gasteiger partial charge on any atom is -0.406 e. The van der Waals surface area contributed by atoms with Gasteiger partial charge >= 0.3 is 12.5 Å². The van der Waals surface area contributed by atoms with E-state index in [0.29, 0.717) is 31.4 Å². The number of hydrogen-bond donors (Lipinski definition) is 1. The van der Waals surface area contributed by atoms with Crippen molar-refractivity contribution in [1.82, 2.24) is 10.2 Å². The van der Waals surface area contributed by atoms with Crippen molar-refractivity contribution in [2.24, 2.45) is 0 Å². The maximum Gasteiger partial charge on any atom is 0.573 e. The van der Waals surface area contributed by atoms with Gasteiger partial charge in [0.25, 0.3) is 5.91 Å². The van der Waals surface area contributed by atoms with Crippen LogP contribution in [0.25, 0.3) is 0 Å². The molecule has 2 amide bonds. The number of alkyl halides is 6. The third-order valence-electron chi connectivity index (χ3n) is 5.07. The first-order chi connectivity index (χ1) is 15.4. The van der Waals surface area contributed by atoms with Crippen LogP contribution in [-0.2, 0) is 17.5 Å². The Labute approximate surface area is 185 Å². The average molecular weight is 474 g/mol.